The molecule has 10 aromatic carbocycles. The predicted molar refractivity (Wildman–Crippen MR) is 275 cm³/mol. The van der Waals surface area contributed by atoms with Gasteiger partial charge in [0.05, 0.1) is 5.41 Å². The fourth-order valence-corrected chi connectivity index (χ4v) is 11.4. The number of thiophene rings is 1. The Labute approximate surface area is 387 Å². The third-order valence-corrected chi connectivity index (χ3v) is 14.6. The van der Waals surface area contributed by atoms with Crippen molar-refractivity contribution in [1.82, 2.24) is 15.0 Å². The van der Waals surface area contributed by atoms with Gasteiger partial charge in [-0.3, -0.25) is 0 Å². The average Bonchev–Trinajstić information content (AvgIpc) is 3.93. The summed E-state index contributed by atoms with van der Waals surface area (Å²) in [5, 5.41) is 5.04. The zero-order valence-electron chi connectivity index (χ0n) is 35.8. The van der Waals surface area contributed by atoms with Crippen LogP contribution in [0.25, 0.3) is 98.5 Å². The summed E-state index contributed by atoms with van der Waals surface area (Å²) in [7, 11) is 0. The lowest BCUT2D eigenvalue weighted by Gasteiger charge is -2.33. The van der Waals surface area contributed by atoms with Gasteiger partial charge in [0.25, 0.3) is 0 Å². The van der Waals surface area contributed by atoms with E-state index in [0.717, 1.165) is 33.4 Å². The highest BCUT2D eigenvalue weighted by molar-refractivity contribution is 7.25. The van der Waals surface area contributed by atoms with Crippen LogP contribution in [0.2, 0.25) is 0 Å². The van der Waals surface area contributed by atoms with Gasteiger partial charge >= 0.3 is 0 Å². The second-order valence-corrected chi connectivity index (χ2v) is 18.2. The summed E-state index contributed by atoms with van der Waals surface area (Å²) in [4.78, 5) is 16.0. The minimum Gasteiger partial charge on any atom is -0.208 e. The minimum absolute atomic E-state index is 0.546. The molecule has 0 amide bonds. The quantitative estimate of drug-likeness (QED) is 0.160. The van der Waals surface area contributed by atoms with E-state index in [-0.39, 0.29) is 0 Å². The van der Waals surface area contributed by atoms with Gasteiger partial charge in [-0.05, 0) is 90.7 Å². The fourth-order valence-electron chi connectivity index (χ4n) is 10.3. The minimum atomic E-state index is -0.546. The molecule has 0 fully saturated rings. The lowest BCUT2D eigenvalue weighted by atomic mass is 9.67. The van der Waals surface area contributed by atoms with Crippen LogP contribution in [-0.4, -0.2) is 15.0 Å². The van der Waals surface area contributed by atoms with Crippen molar-refractivity contribution in [2.24, 2.45) is 0 Å². The molecule has 2 aromatic heterocycles. The molecule has 1 aliphatic rings. The molecule has 0 N–H and O–H groups in total. The third kappa shape index (κ3) is 6.14. The van der Waals surface area contributed by atoms with E-state index in [4.69, 9.17) is 15.0 Å². The number of hydrogen-bond acceptors (Lipinski definition) is 4. The average molecular weight is 858 g/mol. The van der Waals surface area contributed by atoms with Crippen LogP contribution in [0.15, 0.2) is 237 Å². The highest BCUT2D eigenvalue weighted by atomic mass is 32.1. The lowest BCUT2D eigenvalue weighted by molar-refractivity contribution is 0.768. The monoisotopic (exact) mass is 857 g/mol. The fraction of sp³-hybridized carbons (Fsp3) is 0.0161. The van der Waals surface area contributed by atoms with Crippen LogP contribution >= 0.6 is 11.3 Å². The largest absolute Gasteiger partial charge is 0.208 e. The first-order valence-electron chi connectivity index (χ1n) is 22.4. The Kier molecular flexibility index (Phi) is 8.93. The number of aromatic nitrogens is 3. The van der Waals surface area contributed by atoms with Crippen molar-refractivity contribution < 1.29 is 0 Å². The van der Waals surface area contributed by atoms with Crippen molar-refractivity contribution in [3.05, 3.63) is 259 Å². The van der Waals surface area contributed by atoms with Crippen LogP contribution in [0.5, 0.6) is 0 Å². The maximum atomic E-state index is 5.39. The van der Waals surface area contributed by atoms with Crippen molar-refractivity contribution in [3.63, 3.8) is 0 Å². The smallest absolute Gasteiger partial charge is 0.164 e. The molecule has 2 heterocycles. The molecular weight excluding hydrogens is 819 g/mol. The number of rotatable bonds is 7. The normalized spacial score (nSPS) is 12.7. The molecule has 0 aliphatic heterocycles. The van der Waals surface area contributed by atoms with Crippen LogP contribution in [0.3, 0.4) is 0 Å². The molecule has 12 aromatic rings. The number of hydrogen-bond donors (Lipinski definition) is 0. The Morgan fingerprint density at radius 3 is 1.52 bits per heavy atom. The van der Waals surface area contributed by atoms with Crippen molar-refractivity contribution in [2.45, 2.75) is 5.41 Å². The summed E-state index contributed by atoms with van der Waals surface area (Å²) >= 11 is 1.84. The first kappa shape index (κ1) is 38.2. The molecule has 13 rings (SSSR count). The summed E-state index contributed by atoms with van der Waals surface area (Å²) in [5.74, 6) is 1.89. The van der Waals surface area contributed by atoms with Gasteiger partial charge in [-0.1, -0.05) is 212 Å². The van der Waals surface area contributed by atoms with Crippen LogP contribution < -0.4 is 0 Å². The van der Waals surface area contributed by atoms with Gasteiger partial charge in [-0.15, -0.1) is 11.3 Å². The van der Waals surface area contributed by atoms with Crippen LogP contribution in [0.1, 0.15) is 22.3 Å². The third-order valence-electron chi connectivity index (χ3n) is 13.4. The van der Waals surface area contributed by atoms with Gasteiger partial charge < -0.3 is 0 Å². The summed E-state index contributed by atoms with van der Waals surface area (Å²) in [6.45, 7) is 0. The van der Waals surface area contributed by atoms with Gasteiger partial charge in [0.2, 0.25) is 0 Å². The summed E-state index contributed by atoms with van der Waals surface area (Å²) in [5.41, 5.74) is 14.1. The van der Waals surface area contributed by atoms with Crippen LogP contribution in [0.4, 0.5) is 0 Å². The SMILES string of the molecule is c1ccc(C2(c3ccccc3)c3ccccc3-c3c(-c4nc(-c5ccc(-c6ccc7ccccc7c6)cc5)nc(-c5ccc(-c6ccc7sc8ccccc8c7c6)cc5)n4)cccc32)cc1. The first-order chi connectivity index (χ1) is 32.7. The molecule has 0 spiro atoms. The summed E-state index contributed by atoms with van der Waals surface area (Å²) < 4.78 is 2.61. The van der Waals surface area contributed by atoms with Crippen molar-refractivity contribution >= 4 is 42.3 Å². The zero-order chi connectivity index (χ0) is 43.6. The Balaban J connectivity index is 0.977. The molecule has 4 heteroatoms. The Morgan fingerprint density at radius 2 is 0.803 bits per heavy atom. The van der Waals surface area contributed by atoms with E-state index in [1.807, 2.05) is 11.3 Å². The molecule has 308 valence electrons. The maximum absolute atomic E-state index is 5.39. The molecule has 3 nitrogen and oxygen atoms in total. The van der Waals surface area contributed by atoms with Gasteiger partial charge in [0.15, 0.2) is 17.5 Å². The molecule has 0 bridgehead atoms. The molecule has 66 heavy (non-hydrogen) atoms. The summed E-state index contributed by atoms with van der Waals surface area (Å²) in [6, 6.07) is 85.2. The first-order valence-corrected chi connectivity index (χ1v) is 23.2. The van der Waals surface area contributed by atoms with Crippen LogP contribution in [-0.2, 0) is 5.41 Å². The highest BCUT2D eigenvalue weighted by Crippen LogP contribution is 2.58. The van der Waals surface area contributed by atoms with E-state index in [0.29, 0.717) is 17.5 Å². The lowest BCUT2D eigenvalue weighted by Crippen LogP contribution is -2.28. The second-order valence-electron chi connectivity index (χ2n) is 17.1. The number of fused-ring (bicyclic) bond motifs is 7. The molecule has 0 radical (unpaired) electrons. The molecule has 0 atom stereocenters. The van der Waals surface area contributed by atoms with E-state index in [2.05, 4.69) is 237 Å². The molecular formula is C62H39N3S. The van der Waals surface area contributed by atoms with Crippen molar-refractivity contribution in [3.8, 4) is 67.5 Å². The van der Waals surface area contributed by atoms with Gasteiger partial charge in [-0.2, -0.15) is 0 Å². The Hall–Kier alpha value is -8.31. The van der Waals surface area contributed by atoms with Gasteiger partial charge in [-0.25, -0.2) is 15.0 Å². The van der Waals surface area contributed by atoms with Gasteiger partial charge in [0, 0.05) is 36.9 Å². The number of nitrogens with zero attached hydrogens (tertiary/aromatic N) is 3. The molecule has 0 unspecified atom stereocenters. The maximum Gasteiger partial charge on any atom is 0.164 e. The standard InChI is InChI=1S/C62H39N3S/c1-3-16-48(17-4-1)62(49-18-5-2-6-19-49)54-23-11-9-21-51(54)58-52(22-13-24-55(58)62)61-64-59(43-31-26-41(27-32-43)46-35-30-40-14-7-8-15-45(40)38-46)63-60(65-61)44-33-28-42(29-34-44)47-36-37-57-53(39-47)50-20-10-12-25-56(50)66-57/h1-39H. The van der Waals surface area contributed by atoms with E-state index in [9.17, 15) is 0 Å². The number of benzene rings is 10. The van der Waals surface area contributed by atoms with Crippen molar-refractivity contribution in [2.75, 3.05) is 0 Å². The van der Waals surface area contributed by atoms with Gasteiger partial charge in [0.1, 0.15) is 0 Å². The van der Waals surface area contributed by atoms with Crippen LogP contribution in [0, 0.1) is 0 Å². The topological polar surface area (TPSA) is 38.7 Å². The van der Waals surface area contributed by atoms with E-state index < -0.39 is 5.41 Å². The predicted octanol–water partition coefficient (Wildman–Crippen LogP) is 16.1. The van der Waals surface area contributed by atoms with E-state index >= 15 is 0 Å². The Morgan fingerprint density at radius 1 is 0.303 bits per heavy atom. The highest BCUT2D eigenvalue weighted by Gasteiger charge is 2.47. The van der Waals surface area contributed by atoms with Crippen molar-refractivity contribution in [1.29, 1.82) is 0 Å². The second kappa shape index (κ2) is 15.4. The van der Waals surface area contributed by atoms with E-state index in [1.165, 1.54) is 69.9 Å². The molecule has 1 aliphatic carbocycles. The molecule has 0 saturated heterocycles. The zero-order valence-corrected chi connectivity index (χ0v) is 36.6. The van der Waals surface area contributed by atoms with E-state index in [1.54, 1.807) is 0 Å². The summed E-state index contributed by atoms with van der Waals surface area (Å²) in [6.07, 6.45) is 0. The molecule has 0 saturated carbocycles. The Bertz CT molecular complexity index is 3760.